The molecule has 2 nitrogen and oxygen atoms in total. The Hall–Kier alpha value is -1.42. The van der Waals surface area contributed by atoms with Crippen LogP contribution < -0.4 is 10.4 Å². The van der Waals surface area contributed by atoms with Crippen molar-refractivity contribution in [3.05, 3.63) is 60.7 Å². The predicted molar refractivity (Wildman–Crippen MR) is 110 cm³/mol. The Kier molecular flexibility index (Phi) is 4.80. The van der Waals surface area contributed by atoms with Crippen LogP contribution in [0.3, 0.4) is 0 Å². The minimum atomic E-state index is -2.38. The minimum Gasteiger partial charge on any atom is -0.404 e. The summed E-state index contributed by atoms with van der Waals surface area (Å²) in [7, 11) is -2.38. The third-order valence-corrected chi connectivity index (χ3v) is 11.2. The maximum atomic E-state index is 7.14. The van der Waals surface area contributed by atoms with Crippen LogP contribution in [0.2, 0.25) is 5.04 Å². The molecule has 2 aromatic carbocycles. The highest BCUT2D eigenvalue weighted by atomic mass is 28.4. The Morgan fingerprint density at radius 2 is 1.38 bits per heavy atom. The average molecular weight is 367 g/mol. The molecule has 1 aliphatic carbocycles. The first-order chi connectivity index (χ1) is 12.5. The van der Waals surface area contributed by atoms with Crippen LogP contribution in [0.15, 0.2) is 60.7 Å². The van der Waals surface area contributed by atoms with Crippen LogP contribution in [0, 0.1) is 5.92 Å². The lowest BCUT2D eigenvalue weighted by Crippen LogP contribution is -2.68. The molecule has 2 fully saturated rings. The van der Waals surface area contributed by atoms with Gasteiger partial charge in [0.2, 0.25) is 0 Å². The van der Waals surface area contributed by atoms with E-state index in [1.807, 2.05) is 0 Å². The molecular formula is C23H30O2Si. The molecule has 0 spiro atoms. The lowest BCUT2D eigenvalue weighted by Gasteiger charge is -2.50. The molecule has 0 amide bonds. The standard InChI is InChI=1S/C23H30O2Si/c1-23(2,3)26(20-10-6-4-7-11-20,21-12-8-5-9-13-21)25-19-16-18(17-19)22-14-15-24-22/h4-13,18-19,22H,14-17H2,1-3H3. The topological polar surface area (TPSA) is 18.5 Å². The first kappa shape index (κ1) is 18.0. The van der Waals surface area contributed by atoms with E-state index >= 15 is 0 Å². The summed E-state index contributed by atoms with van der Waals surface area (Å²) in [5.74, 6) is 0.701. The van der Waals surface area contributed by atoms with E-state index in [0.29, 0.717) is 18.1 Å². The van der Waals surface area contributed by atoms with Crippen LogP contribution in [-0.2, 0) is 9.16 Å². The summed E-state index contributed by atoms with van der Waals surface area (Å²) in [4.78, 5) is 0. The van der Waals surface area contributed by atoms with Crippen LogP contribution in [-0.4, -0.2) is 27.1 Å². The summed E-state index contributed by atoms with van der Waals surface area (Å²) >= 11 is 0. The van der Waals surface area contributed by atoms with Gasteiger partial charge < -0.3 is 9.16 Å². The van der Waals surface area contributed by atoms with E-state index in [1.165, 1.54) is 16.8 Å². The number of hydrogen-bond acceptors (Lipinski definition) is 2. The fourth-order valence-corrected chi connectivity index (χ4v) is 9.28. The molecule has 1 atom stereocenters. The molecule has 1 saturated heterocycles. The van der Waals surface area contributed by atoms with E-state index in [0.717, 1.165) is 19.4 Å². The number of rotatable bonds is 5. The van der Waals surface area contributed by atoms with Gasteiger partial charge in [0.25, 0.3) is 8.32 Å². The third-order valence-electron chi connectivity index (χ3n) is 6.15. The van der Waals surface area contributed by atoms with Crippen molar-refractivity contribution in [1.29, 1.82) is 0 Å². The summed E-state index contributed by atoms with van der Waals surface area (Å²) in [6, 6.07) is 21.9. The van der Waals surface area contributed by atoms with Crippen LogP contribution >= 0.6 is 0 Å². The molecule has 2 aromatic rings. The second-order valence-electron chi connectivity index (χ2n) is 8.83. The van der Waals surface area contributed by atoms with Gasteiger partial charge in [0, 0.05) is 12.7 Å². The van der Waals surface area contributed by atoms with Crippen molar-refractivity contribution >= 4 is 18.7 Å². The Morgan fingerprint density at radius 1 is 0.885 bits per heavy atom. The maximum Gasteiger partial charge on any atom is 0.261 e. The van der Waals surface area contributed by atoms with Gasteiger partial charge in [-0.1, -0.05) is 81.4 Å². The Bertz CT molecular complexity index is 673. The quantitative estimate of drug-likeness (QED) is 0.741. The highest BCUT2D eigenvalue weighted by Crippen LogP contribution is 2.44. The first-order valence-corrected chi connectivity index (χ1v) is 11.8. The molecule has 1 aliphatic heterocycles. The summed E-state index contributed by atoms with van der Waals surface area (Å²) in [5.41, 5.74) is 0. The molecule has 1 saturated carbocycles. The zero-order chi connectivity index (χ0) is 18.2. The largest absolute Gasteiger partial charge is 0.404 e. The third kappa shape index (κ3) is 3.06. The summed E-state index contributed by atoms with van der Waals surface area (Å²) in [5, 5.41) is 2.82. The van der Waals surface area contributed by atoms with Crippen LogP contribution in [0.4, 0.5) is 0 Å². The second-order valence-corrected chi connectivity index (χ2v) is 13.1. The van der Waals surface area contributed by atoms with Crippen molar-refractivity contribution < 1.29 is 9.16 Å². The van der Waals surface area contributed by atoms with Gasteiger partial charge in [0.15, 0.2) is 0 Å². The van der Waals surface area contributed by atoms with Gasteiger partial charge in [0.1, 0.15) is 0 Å². The van der Waals surface area contributed by atoms with Crippen LogP contribution in [0.5, 0.6) is 0 Å². The molecule has 3 heteroatoms. The average Bonchev–Trinajstić information content (AvgIpc) is 2.55. The lowest BCUT2D eigenvalue weighted by atomic mass is 9.76. The fraction of sp³-hybridized carbons (Fsp3) is 0.478. The molecule has 1 heterocycles. The Morgan fingerprint density at radius 3 is 1.77 bits per heavy atom. The van der Waals surface area contributed by atoms with Crippen molar-refractivity contribution in [2.75, 3.05) is 6.61 Å². The van der Waals surface area contributed by atoms with E-state index in [9.17, 15) is 0 Å². The molecule has 0 aromatic heterocycles. The second kappa shape index (κ2) is 6.95. The van der Waals surface area contributed by atoms with Gasteiger partial charge in [-0.15, -0.1) is 0 Å². The number of benzene rings is 2. The SMILES string of the molecule is CC(C)(C)[Si](OC1CC(C2CCO2)C1)(c1ccccc1)c1ccccc1. The molecule has 1 unspecified atom stereocenters. The molecule has 26 heavy (non-hydrogen) atoms. The molecule has 0 bridgehead atoms. The van der Waals surface area contributed by atoms with Gasteiger partial charge in [-0.05, 0) is 40.6 Å². The van der Waals surface area contributed by atoms with Gasteiger partial charge in [-0.2, -0.15) is 0 Å². The van der Waals surface area contributed by atoms with Crippen molar-refractivity contribution in [2.45, 2.75) is 57.3 Å². The van der Waals surface area contributed by atoms with Crippen molar-refractivity contribution in [3.8, 4) is 0 Å². The monoisotopic (exact) mass is 366 g/mol. The normalized spacial score (nSPS) is 26.0. The molecule has 0 radical (unpaired) electrons. The van der Waals surface area contributed by atoms with Crippen molar-refractivity contribution in [1.82, 2.24) is 0 Å². The lowest BCUT2D eigenvalue weighted by molar-refractivity contribution is -0.126. The van der Waals surface area contributed by atoms with E-state index in [1.54, 1.807) is 0 Å². The summed E-state index contributed by atoms with van der Waals surface area (Å²) in [6.45, 7) is 8.00. The van der Waals surface area contributed by atoms with E-state index < -0.39 is 8.32 Å². The molecule has 138 valence electrons. The summed E-state index contributed by atoms with van der Waals surface area (Å²) in [6.07, 6.45) is 4.38. The van der Waals surface area contributed by atoms with Crippen molar-refractivity contribution in [3.63, 3.8) is 0 Å². The maximum absolute atomic E-state index is 7.14. The van der Waals surface area contributed by atoms with E-state index in [2.05, 4.69) is 81.4 Å². The minimum absolute atomic E-state index is 0.0633. The summed E-state index contributed by atoms with van der Waals surface area (Å²) < 4.78 is 12.8. The molecular weight excluding hydrogens is 336 g/mol. The van der Waals surface area contributed by atoms with Gasteiger partial charge in [-0.3, -0.25) is 0 Å². The van der Waals surface area contributed by atoms with Crippen molar-refractivity contribution in [2.24, 2.45) is 5.92 Å². The van der Waals surface area contributed by atoms with E-state index in [-0.39, 0.29) is 5.04 Å². The number of hydrogen-bond donors (Lipinski definition) is 0. The number of ether oxygens (including phenoxy) is 1. The predicted octanol–water partition coefficient (Wildman–Crippen LogP) is 4.13. The smallest absolute Gasteiger partial charge is 0.261 e. The first-order valence-electron chi connectivity index (χ1n) is 9.91. The fourth-order valence-electron chi connectivity index (χ4n) is 4.57. The Balaban J connectivity index is 1.69. The van der Waals surface area contributed by atoms with Gasteiger partial charge >= 0.3 is 0 Å². The Labute approximate surface area is 158 Å². The molecule has 0 N–H and O–H groups in total. The molecule has 2 aliphatic rings. The van der Waals surface area contributed by atoms with Gasteiger partial charge in [-0.25, -0.2) is 0 Å². The van der Waals surface area contributed by atoms with Crippen LogP contribution in [0.25, 0.3) is 0 Å². The zero-order valence-electron chi connectivity index (χ0n) is 16.2. The van der Waals surface area contributed by atoms with Gasteiger partial charge in [0.05, 0.1) is 6.10 Å². The van der Waals surface area contributed by atoms with E-state index in [4.69, 9.17) is 9.16 Å². The zero-order valence-corrected chi connectivity index (χ0v) is 17.2. The van der Waals surface area contributed by atoms with Crippen LogP contribution in [0.1, 0.15) is 40.0 Å². The highest BCUT2D eigenvalue weighted by Gasteiger charge is 2.53. The molecule has 4 rings (SSSR count). The highest BCUT2D eigenvalue weighted by molar-refractivity contribution is 6.99.